The number of carbonyl (C=O) groups excluding carboxylic acids is 1. The largest absolute Gasteiger partial charge is 0.490 e. The first kappa shape index (κ1) is 24.0. The zero-order valence-electron chi connectivity index (χ0n) is 20.7. The summed E-state index contributed by atoms with van der Waals surface area (Å²) in [6.45, 7) is 4.86. The summed E-state index contributed by atoms with van der Waals surface area (Å²) in [4.78, 5) is 26.9. The van der Waals surface area contributed by atoms with E-state index in [1.54, 1.807) is 0 Å². The summed E-state index contributed by atoms with van der Waals surface area (Å²) in [5, 5.41) is 9.69. The molecule has 3 aromatic rings. The third-order valence-corrected chi connectivity index (χ3v) is 7.42. The molecule has 1 N–H and O–H groups in total. The number of hydrogen-bond donors (Lipinski definition) is 1. The number of benzene rings is 3. The fraction of sp³-hybridized carbons (Fsp3) is 0.333. The van der Waals surface area contributed by atoms with Crippen LogP contribution in [0.4, 0.5) is 10.1 Å². The second-order valence-electron chi connectivity index (χ2n) is 9.69. The van der Waals surface area contributed by atoms with Crippen molar-refractivity contribution in [3.05, 3.63) is 81.7 Å². The van der Waals surface area contributed by atoms with E-state index in [1.165, 1.54) is 6.07 Å². The highest BCUT2D eigenvalue weighted by Crippen LogP contribution is 2.45. The summed E-state index contributed by atoms with van der Waals surface area (Å²) >= 11 is 0. The maximum atomic E-state index is 15.2. The Bertz CT molecular complexity index is 1350. The maximum Gasteiger partial charge on any atom is 0.307 e. The topological polar surface area (TPSA) is 66.8 Å². The number of carboxylic acid groups (broad SMARTS) is 1. The van der Waals surface area contributed by atoms with Crippen LogP contribution in [0.1, 0.15) is 46.2 Å². The van der Waals surface area contributed by atoms with Gasteiger partial charge >= 0.3 is 5.97 Å². The molecule has 0 saturated carbocycles. The van der Waals surface area contributed by atoms with Crippen molar-refractivity contribution in [2.45, 2.75) is 52.4 Å². The van der Waals surface area contributed by atoms with E-state index >= 15 is 4.39 Å². The van der Waals surface area contributed by atoms with Gasteiger partial charge in [-0.3, -0.25) is 9.59 Å². The van der Waals surface area contributed by atoms with E-state index in [1.807, 2.05) is 55.1 Å². The first-order valence-corrected chi connectivity index (χ1v) is 12.5. The second kappa shape index (κ2) is 9.76. The number of nitrogens with zero attached hydrogens (tertiary/aromatic N) is 1. The third kappa shape index (κ3) is 4.36. The number of amides is 1. The van der Waals surface area contributed by atoms with Crippen LogP contribution >= 0.6 is 0 Å². The predicted octanol–water partition coefficient (Wildman–Crippen LogP) is 5.58. The number of fused-ring (bicyclic) bond motifs is 2. The number of carbonyl (C=O) groups is 2. The van der Waals surface area contributed by atoms with Crippen molar-refractivity contribution >= 4 is 17.6 Å². The van der Waals surface area contributed by atoms with E-state index in [9.17, 15) is 14.7 Å². The van der Waals surface area contributed by atoms with Gasteiger partial charge in [-0.1, -0.05) is 30.3 Å². The smallest absolute Gasteiger partial charge is 0.307 e. The van der Waals surface area contributed by atoms with Crippen molar-refractivity contribution in [3.8, 4) is 16.9 Å². The van der Waals surface area contributed by atoms with Gasteiger partial charge in [0.05, 0.1) is 13.0 Å². The van der Waals surface area contributed by atoms with Gasteiger partial charge in [0, 0.05) is 24.2 Å². The summed E-state index contributed by atoms with van der Waals surface area (Å²) < 4.78 is 20.8. The van der Waals surface area contributed by atoms with E-state index < -0.39 is 11.8 Å². The Morgan fingerprint density at radius 1 is 1.08 bits per heavy atom. The minimum atomic E-state index is -0.937. The molecule has 5 rings (SSSR count). The van der Waals surface area contributed by atoms with Gasteiger partial charge in [-0.05, 0) is 90.6 Å². The number of rotatable bonds is 6. The minimum absolute atomic E-state index is 0.0377. The molecule has 0 spiro atoms. The molecule has 0 fully saturated rings. The van der Waals surface area contributed by atoms with Crippen molar-refractivity contribution in [3.63, 3.8) is 0 Å². The first-order valence-electron chi connectivity index (χ1n) is 12.5. The summed E-state index contributed by atoms with van der Waals surface area (Å²) in [5.74, 6) is -1.01. The lowest BCUT2D eigenvalue weighted by atomic mass is 9.84. The normalized spacial score (nSPS) is 14.2. The number of carboxylic acids is 1. The zero-order valence-corrected chi connectivity index (χ0v) is 20.7. The highest BCUT2D eigenvalue weighted by atomic mass is 19.1. The van der Waals surface area contributed by atoms with E-state index in [0.29, 0.717) is 49.3 Å². The molecule has 2 heterocycles. The van der Waals surface area contributed by atoms with Gasteiger partial charge < -0.3 is 14.7 Å². The fourth-order valence-electron chi connectivity index (χ4n) is 5.64. The molecule has 2 aliphatic heterocycles. The lowest BCUT2D eigenvalue weighted by Gasteiger charge is -2.25. The quantitative estimate of drug-likeness (QED) is 0.493. The van der Waals surface area contributed by atoms with E-state index in [2.05, 4.69) is 0 Å². The lowest BCUT2D eigenvalue weighted by Crippen LogP contribution is -2.29. The molecule has 1 amide bonds. The minimum Gasteiger partial charge on any atom is -0.490 e. The lowest BCUT2D eigenvalue weighted by molar-refractivity contribution is -0.136. The molecule has 0 bridgehead atoms. The van der Waals surface area contributed by atoms with Gasteiger partial charge in [0.15, 0.2) is 11.6 Å². The Labute approximate surface area is 210 Å². The van der Waals surface area contributed by atoms with Crippen LogP contribution in [0.5, 0.6) is 5.75 Å². The summed E-state index contributed by atoms with van der Waals surface area (Å²) in [7, 11) is 0. The Morgan fingerprint density at radius 3 is 2.61 bits per heavy atom. The van der Waals surface area contributed by atoms with Crippen LogP contribution in [0, 0.1) is 19.7 Å². The highest BCUT2D eigenvalue weighted by molar-refractivity contribution is 5.98. The van der Waals surface area contributed by atoms with Crippen molar-refractivity contribution in [1.82, 2.24) is 0 Å². The molecule has 0 radical (unpaired) electrons. The highest BCUT2D eigenvalue weighted by Gasteiger charge is 2.32. The van der Waals surface area contributed by atoms with Crippen LogP contribution in [-0.2, 0) is 35.3 Å². The van der Waals surface area contributed by atoms with Gasteiger partial charge in [0.25, 0.3) is 0 Å². The summed E-state index contributed by atoms with van der Waals surface area (Å²) in [5.41, 5.74) is 7.54. The average molecular weight is 488 g/mol. The monoisotopic (exact) mass is 487 g/mol. The first-order chi connectivity index (χ1) is 17.3. The van der Waals surface area contributed by atoms with Gasteiger partial charge in [0.1, 0.15) is 0 Å². The fourth-order valence-corrected chi connectivity index (χ4v) is 5.64. The Morgan fingerprint density at radius 2 is 1.86 bits per heavy atom. The molecule has 0 atom stereocenters. The number of hydrogen-bond acceptors (Lipinski definition) is 3. The Kier molecular flexibility index (Phi) is 6.52. The zero-order chi connectivity index (χ0) is 25.4. The van der Waals surface area contributed by atoms with Gasteiger partial charge in [0.2, 0.25) is 5.91 Å². The summed E-state index contributed by atoms with van der Waals surface area (Å²) in [6.07, 6.45) is 3.02. The molecule has 3 aromatic carbocycles. The molecule has 6 heteroatoms. The SMILES string of the molecule is Cc1cc2c(c(-c3cc(F)c4c(c3C)CCCO4)c1CC(=O)O)CCN2C(=O)CCc1ccccc1. The molecule has 36 heavy (non-hydrogen) atoms. The van der Waals surface area contributed by atoms with Gasteiger partial charge in [-0.15, -0.1) is 0 Å². The Balaban J connectivity index is 1.59. The predicted molar refractivity (Wildman–Crippen MR) is 137 cm³/mol. The maximum absolute atomic E-state index is 15.2. The standard InChI is InChI=1S/C30H30FNO4/c1-18-15-26-22(12-13-32(26)27(33)11-10-20-7-4-3-5-8-20)29(23(18)17-28(34)35)24-16-25(31)30-21(19(24)2)9-6-14-36-30/h3-5,7-8,15-16H,6,9-14,17H2,1-2H3,(H,34,35). The molecule has 2 aliphatic rings. The number of aryl methyl sites for hydroxylation is 2. The molecule has 5 nitrogen and oxygen atoms in total. The van der Waals surface area contributed by atoms with Crippen LogP contribution in [0.3, 0.4) is 0 Å². The Hall–Kier alpha value is -3.67. The van der Waals surface area contributed by atoms with Crippen LogP contribution in [0.15, 0.2) is 42.5 Å². The molecular formula is C30H30FNO4. The number of anilines is 1. The second-order valence-corrected chi connectivity index (χ2v) is 9.69. The van der Waals surface area contributed by atoms with Crippen LogP contribution < -0.4 is 9.64 Å². The molecule has 186 valence electrons. The summed E-state index contributed by atoms with van der Waals surface area (Å²) in [6, 6.07) is 13.3. The van der Waals surface area contributed by atoms with Crippen molar-refractivity contribution < 1.29 is 23.8 Å². The van der Waals surface area contributed by atoms with Crippen molar-refractivity contribution in [2.24, 2.45) is 0 Å². The van der Waals surface area contributed by atoms with Crippen molar-refractivity contribution in [2.75, 3.05) is 18.1 Å². The van der Waals surface area contributed by atoms with Crippen LogP contribution in [0.25, 0.3) is 11.1 Å². The van der Waals surface area contributed by atoms with Crippen molar-refractivity contribution in [1.29, 1.82) is 0 Å². The average Bonchev–Trinajstić information content (AvgIpc) is 3.29. The molecule has 0 unspecified atom stereocenters. The molecule has 0 saturated heterocycles. The number of halogens is 1. The number of ether oxygens (including phenoxy) is 1. The molecule has 0 aromatic heterocycles. The van der Waals surface area contributed by atoms with Gasteiger partial charge in [-0.2, -0.15) is 0 Å². The van der Waals surface area contributed by atoms with E-state index in [4.69, 9.17) is 4.74 Å². The van der Waals surface area contributed by atoms with E-state index in [-0.39, 0.29) is 12.3 Å². The molecular weight excluding hydrogens is 457 g/mol. The van der Waals surface area contributed by atoms with Crippen LogP contribution in [-0.4, -0.2) is 30.1 Å². The third-order valence-electron chi connectivity index (χ3n) is 7.42. The van der Waals surface area contributed by atoms with E-state index in [0.717, 1.165) is 51.9 Å². The molecule has 0 aliphatic carbocycles. The van der Waals surface area contributed by atoms with Crippen LogP contribution in [0.2, 0.25) is 0 Å². The number of aliphatic carboxylic acids is 1. The van der Waals surface area contributed by atoms with Gasteiger partial charge in [-0.25, -0.2) is 4.39 Å².